The van der Waals surface area contributed by atoms with E-state index in [9.17, 15) is 13.2 Å². The van der Waals surface area contributed by atoms with Crippen molar-refractivity contribution in [3.8, 4) is 11.1 Å². The van der Waals surface area contributed by atoms with Crippen LogP contribution in [0.5, 0.6) is 0 Å². The van der Waals surface area contributed by atoms with E-state index >= 15 is 0 Å². The largest absolute Gasteiger partial charge is 0.383 e. The van der Waals surface area contributed by atoms with Gasteiger partial charge >= 0.3 is 0 Å². The van der Waals surface area contributed by atoms with Gasteiger partial charge in [0.2, 0.25) is 0 Å². The summed E-state index contributed by atoms with van der Waals surface area (Å²) in [6.07, 6.45) is 2.85. The zero-order valence-electron chi connectivity index (χ0n) is 13.9. The quantitative estimate of drug-likeness (QED) is 0.670. The van der Waals surface area contributed by atoms with Crippen LogP contribution in [-0.2, 0) is 4.74 Å². The van der Waals surface area contributed by atoms with E-state index in [4.69, 9.17) is 16.3 Å². The van der Waals surface area contributed by atoms with Gasteiger partial charge in [0.25, 0.3) is 0 Å². The Morgan fingerprint density at radius 2 is 1.77 bits per heavy atom. The lowest BCUT2D eigenvalue weighted by Gasteiger charge is -2.20. The lowest BCUT2D eigenvalue weighted by Crippen LogP contribution is -2.22. The number of rotatable bonds is 5. The minimum Gasteiger partial charge on any atom is -0.383 e. The van der Waals surface area contributed by atoms with Gasteiger partial charge in [0, 0.05) is 37.7 Å². The molecule has 1 N–H and O–H groups in total. The number of ether oxygens (including phenoxy) is 1. The maximum absolute atomic E-state index is 14.4. The standard InChI is InChI=1S/C17H14ClF3N4O/c1-8(7-26-2)24-14-13(12-10(20)5-9(19)6-11(12)21)16(18)25-17-15(14)22-3-4-23-17/h3-6,8H,7H2,1-2H3,(H,23,24,25). The van der Waals surface area contributed by atoms with Crippen molar-refractivity contribution in [2.45, 2.75) is 13.0 Å². The zero-order chi connectivity index (χ0) is 18.8. The molecule has 0 bridgehead atoms. The molecule has 0 saturated heterocycles. The number of pyridine rings is 1. The van der Waals surface area contributed by atoms with Crippen LogP contribution in [0.15, 0.2) is 24.5 Å². The maximum Gasteiger partial charge on any atom is 0.181 e. The molecular weight excluding hydrogens is 369 g/mol. The molecule has 0 aliphatic heterocycles. The second-order valence-electron chi connectivity index (χ2n) is 5.63. The molecular formula is C17H14ClF3N4O. The summed E-state index contributed by atoms with van der Waals surface area (Å²) in [7, 11) is 1.52. The van der Waals surface area contributed by atoms with E-state index in [1.807, 2.05) is 0 Å². The highest BCUT2D eigenvalue weighted by Crippen LogP contribution is 2.40. The predicted octanol–water partition coefficient (Wildman–Crippen LogP) is 4.21. The Balaban J connectivity index is 2.32. The number of hydrogen-bond acceptors (Lipinski definition) is 5. The van der Waals surface area contributed by atoms with Gasteiger partial charge in [0.05, 0.1) is 23.4 Å². The molecule has 1 aromatic carbocycles. The van der Waals surface area contributed by atoms with E-state index in [-0.39, 0.29) is 33.6 Å². The second kappa shape index (κ2) is 7.43. The smallest absolute Gasteiger partial charge is 0.181 e. The minimum absolute atomic E-state index is 0.0578. The number of nitrogens with one attached hydrogen (secondary N) is 1. The summed E-state index contributed by atoms with van der Waals surface area (Å²) in [5.74, 6) is -3.23. The van der Waals surface area contributed by atoms with Crippen molar-refractivity contribution in [2.75, 3.05) is 19.0 Å². The van der Waals surface area contributed by atoms with Gasteiger partial charge in [-0.25, -0.2) is 28.1 Å². The molecule has 1 unspecified atom stereocenters. The molecule has 0 aliphatic rings. The number of fused-ring (bicyclic) bond motifs is 1. The Morgan fingerprint density at radius 1 is 1.12 bits per heavy atom. The monoisotopic (exact) mass is 382 g/mol. The highest BCUT2D eigenvalue weighted by atomic mass is 35.5. The van der Waals surface area contributed by atoms with Crippen LogP contribution in [0.25, 0.3) is 22.3 Å². The maximum atomic E-state index is 14.4. The van der Waals surface area contributed by atoms with Crippen LogP contribution in [0.3, 0.4) is 0 Å². The molecule has 3 rings (SSSR count). The molecule has 0 aliphatic carbocycles. The highest BCUT2D eigenvalue weighted by molar-refractivity contribution is 6.33. The van der Waals surface area contributed by atoms with Crippen LogP contribution in [0.2, 0.25) is 5.15 Å². The first-order valence-electron chi connectivity index (χ1n) is 7.63. The average molecular weight is 383 g/mol. The first-order chi connectivity index (χ1) is 12.4. The van der Waals surface area contributed by atoms with E-state index in [0.29, 0.717) is 18.7 Å². The third-order valence-corrected chi connectivity index (χ3v) is 3.91. The molecule has 0 fully saturated rings. The van der Waals surface area contributed by atoms with Gasteiger partial charge in [-0.2, -0.15) is 0 Å². The summed E-state index contributed by atoms with van der Waals surface area (Å²) >= 11 is 6.21. The van der Waals surface area contributed by atoms with E-state index in [1.54, 1.807) is 6.92 Å². The fourth-order valence-electron chi connectivity index (χ4n) is 2.65. The van der Waals surface area contributed by atoms with Crippen molar-refractivity contribution in [3.05, 3.63) is 47.1 Å². The number of methoxy groups -OCH3 is 1. The molecule has 0 spiro atoms. The van der Waals surface area contributed by atoms with E-state index in [2.05, 4.69) is 20.3 Å². The first-order valence-corrected chi connectivity index (χ1v) is 8.00. The topological polar surface area (TPSA) is 59.9 Å². The van der Waals surface area contributed by atoms with Crippen molar-refractivity contribution in [1.82, 2.24) is 15.0 Å². The number of hydrogen-bond donors (Lipinski definition) is 1. The van der Waals surface area contributed by atoms with Gasteiger partial charge in [-0.3, -0.25) is 0 Å². The Bertz CT molecular complexity index is 947. The molecule has 26 heavy (non-hydrogen) atoms. The third-order valence-electron chi connectivity index (χ3n) is 3.64. The molecule has 5 nitrogen and oxygen atoms in total. The summed E-state index contributed by atoms with van der Waals surface area (Å²) in [5.41, 5.74) is 0.164. The molecule has 0 amide bonds. The number of anilines is 1. The summed E-state index contributed by atoms with van der Waals surface area (Å²) < 4.78 is 47.2. The molecule has 2 aromatic heterocycles. The van der Waals surface area contributed by atoms with Gasteiger partial charge < -0.3 is 10.1 Å². The summed E-state index contributed by atoms with van der Waals surface area (Å²) in [6, 6.07) is 0.921. The second-order valence-corrected chi connectivity index (χ2v) is 5.98. The predicted molar refractivity (Wildman–Crippen MR) is 92.6 cm³/mol. The molecule has 3 aromatic rings. The minimum atomic E-state index is -1.10. The Morgan fingerprint density at radius 3 is 2.42 bits per heavy atom. The van der Waals surface area contributed by atoms with Crippen molar-refractivity contribution in [3.63, 3.8) is 0 Å². The van der Waals surface area contributed by atoms with Crippen molar-refractivity contribution < 1.29 is 17.9 Å². The van der Waals surface area contributed by atoms with Gasteiger partial charge in [-0.05, 0) is 6.92 Å². The van der Waals surface area contributed by atoms with Gasteiger partial charge in [0.15, 0.2) is 5.65 Å². The number of benzene rings is 1. The summed E-state index contributed by atoms with van der Waals surface area (Å²) in [5, 5.41) is 2.90. The Labute approximate surface area is 152 Å². The first kappa shape index (κ1) is 18.3. The number of aromatic nitrogens is 3. The number of halogens is 4. The summed E-state index contributed by atoms with van der Waals surface area (Å²) in [6.45, 7) is 2.12. The SMILES string of the molecule is COCC(C)Nc1c(-c2c(F)cc(F)cc2F)c(Cl)nc2nccnc12. The van der Waals surface area contributed by atoms with Crippen LogP contribution in [0.4, 0.5) is 18.9 Å². The lowest BCUT2D eigenvalue weighted by molar-refractivity contribution is 0.190. The van der Waals surface area contributed by atoms with E-state index < -0.39 is 23.0 Å². The normalized spacial score (nSPS) is 12.4. The highest BCUT2D eigenvalue weighted by Gasteiger charge is 2.24. The average Bonchev–Trinajstić information content (AvgIpc) is 2.56. The molecule has 0 radical (unpaired) electrons. The molecule has 2 heterocycles. The zero-order valence-corrected chi connectivity index (χ0v) is 14.6. The molecule has 136 valence electrons. The van der Waals surface area contributed by atoms with Gasteiger partial charge in [-0.1, -0.05) is 11.6 Å². The Hall–Kier alpha value is -2.45. The van der Waals surface area contributed by atoms with Crippen LogP contribution in [-0.4, -0.2) is 34.7 Å². The van der Waals surface area contributed by atoms with Crippen molar-refractivity contribution >= 4 is 28.5 Å². The molecule has 0 saturated carbocycles. The summed E-state index contributed by atoms with van der Waals surface area (Å²) in [4.78, 5) is 12.3. The fourth-order valence-corrected chi connectivity index (χ4v) is 2.92. The molecule has 1 atom stereocenters. The van der Waals surface area contributed by atoms with Crippen LogP contribution in [0.1, 0.15) is 6.92 Å². The lowest BCUT2D eigenvalue weighted by atomic mass is 10.0. The Kier molecular flexibility index (Phi) is 5.24. The third kappa shape index (κ3) is 3.42. The van der Waals surface area contributed by atoms with Gasteiger partial charge in [0.1, 0.15) is 28.1 Å². The van der Waals surface area contributed by atoms with Crippen LogP contribution in [0, 0.1) is 17.5 Å². The van der Waals surface area contributed by atoms with E-state index in [0.717, 1.165) is 0 Å². The van der Waals surface area contributed by atoms with Crippen LogP contribution < -0.4 is 5.32 Å². The van der Waals surface area contributed by atoms with Crippen LogP contribution >= 0.6 is 11.6 Å². The fraction of sp³-hybridized carbons (Fsp3) is 0.235. The number of nitrogens with zero attached hydrogens (tertiary/aromatic N) is 3. The van der Waals surface area contributed by atoms with E-state index in [1.165, 1.54) is 19.5 Å². The van der Waals surface area contributed by atoms with Crippen molar-refractivity contribution in [2.24, 2.45) is 0 Å². The van der Waals surface area contributed by atoms with Gasteiger partial charge in [-0.15, -0.1) is 0 Å². The molecule has 9 heteroatoms. The van der Waals surface area contributed by atoms with Crippen molar-refractivity contribution in [1.29, 1.82) is 0 Å².